The van der Waals surface area contributed by atoms with Crippen molar-refractivity contribution in [1.82, 2.24) is 4.90 Å². The van der Waals surface area contributed by atoms with Crippen molar-refractivity contribution in [3.8, 4) is 0 Å². The Morgan fingerprint density at radius 2 is 1.96 bits per heavy atom. The van der Waals surface area contributed by atoms with Crippen molar-refractivity contribution in [2.75, 3.05) is 0 Å². The van der Waals surface area contributed by atoms with Crippen LogP contribution in [0.25, 0.3) is 0 Å². The summed E-state index contributed by atoms with van der Waals surface area (Å²) in [6, 6.07) is 5.79. The van der Waals surface area contributed by atoms with Crippen molar-refractivity contribution in [1.29, 1.82) is 0 Å². The fourth-order valence-electron chi connectivity index (χ4n) is 3.90. The summed E-state index contributed by atoms with van der Waals surface area (Å²) >= 11 is 0. The maximum atomic E-state index is 12.7. The second-order valence-electron chi connectivity index (χ2n) is 8.04. The number of benzene rings is 1. The molecule has 2 N–H and O–H groups in total. The molecule has 132 valence electrons. The fraction of sp³-hybridized carbons (Fsp3) is 0.632. The van der Waals surface area contributed by atoms with Crippen LogP contribution in [0.1, 0.15) is 56.2 Å². The van der Waals surface area contributed by atoms with Crippen LogP contribution in [0, 0.1) is 6.92 Å². The summed E-state index contributed by atoms with van der Waals surface area (Å²) in [5.74, 6) is 0.0274. The molecule has 2 aliphatic rings. The molecule has 4 atom stereocenters. The average molecular weight is 333 g/mol. The number of ether oxygens (including phenoxy) is 1. The molecule has 1 aromatic carbocycles. The molecule has 5 heteroatoms. The molecule has 1 saturated carbocycles. The summed E-state index contributed by atoms with van der Waals surface area (Å²) in [5.41, 5.74) is 2.85. The van der Waals surface area contributed by atoms with Crippen molar-refractivity contribution in [2.24, 2.45) is 0 Å². The monoisotopic (exact) mass is 333 g/mol. The predicted molar refractivity (Wildman–Crippen MR) is 90.7 cm³/mol. The fourth-order valence-corrected chi connectivity index (χ4v) is 3.90. The standard InChI is InChI=1S/C19H27NO4/c1-11-5-6-12-10-20(18(23)24-19(2,3)4)16-13(14(12)9-11)7-8-15(21)17(16)22/h5-6,9,13,15-17,21-22H,7-8,10H2,1-4H3/t13-,15+,16+,17+/m0/s1. The van der Waals surface area contributed by atoms with Crippen molar-refractivity contribution in [3.05, 3.63) is 34.9 Å². The SMILES string of the molecule is Cc1ccc2c(c1)[C@@H]1CC[C@@H](O)[C@@H](O)[C@@H]1N(C(=O)OC(C)(C)C)C2. The first-order valence-electron chi connectivity index (χ1n) is 8.62. The molecule has 3 rings (SSSR count). The van der Waals surface area contributed by atoms with E-state index in [1.54, 1.807) is 4.90 Å². The van der Waals surface area contributed by atoms with E-state index in [1.807, 2.05) is 33.8 Å². The van der Waals surface area contributed by atoms with Gasteiger partial charge in [-0.05, 0) is 51.7 Å². The van der Waals surface area contributed by atoms with E-state index < -0.39 is 29.9 Å². The second-order valence-corrected chi connectivity index (χ2v) is 8.04. The van der Waals surface area contributed by atoms with Crippen molar-refractivity contribution in [3.63, 3.8) is 0 Å². The highest BCUT2D eigenvalue weighted by Crippen LogP contribution is 2.43. The Morgan fingerprint density at radius 3 is 2.62 bits per heavy atom. The Balaban J connectivity index is 1.99. The topological polar surface area (TPSA) is 70.0 Å². The van der Waals surface area contributed by atoms with Gasteiger partial charge in [0, 0.05) is 12.5 Å². The van der Waals surface area contributed by atoms with E-state index in [4.69, 9.17) is 4.74 Å². The van der Waals surface area contributed by atoms with E-state index in [9.17, 15) is 15.0 Å². The predicted octanol–water partition coefficient (Wildman–Crippen LogP) is 2.71. The lowest BCUT2D eigenvalue weighted by Gasteiger charge is -2.48. The smallest absolute Gasteiger partial charge is 0.410 e. The summed E-state index contributed by atoms with van der Waals surface area (Å²) in [6.07, 6.45) is -0.902. The van der Waals surface area contributed by atoms with Gasteiger partial charge in [-0.2, -0.15) is 0 Å². The minimum atomic E-state index is -0.954. The number of aliphatic hydroxyl groups is 2. The summed E-state index contributed by atoms with van der Waals surface area (Å²) in [4.78, 5) is 14.3. The molecule has 0 spiro atoms. The molecule has 0 saturated heterocycles. The Hall–Kier alpha value is -1.59. The van der Waals surface area contributed by atoms with Gasteiger partial charge in [0.2, 0.25) is 0 Å². The van der Waals surface area contributed by atoms with Gasteiger partial charge in [-0.3, -0.25) is 4.90 Å². The van der Waals surface area contributed by atoms with Crippen LogP contribution in [0.15, 0.2) is 18.2 Å². The number of amides is 1. The molecule has 24 heavy (non-hydrogen) atoms. The quantitative estimate of drug-likeness (QED) is 0.766. The Labute approximate surface area is 143 Å². The van der Waals surface area contributed by atoms with Crippen LogP contribution in [0.4, 0.5) is 4.79 Å². The highest BCUT2D eigenvalue weighted by molar-refractivity contribution is 5.70. The maximum absolute atomic E-state index is 12.7. The lowest BCUT2D eigenvalue weighted by molar-refractivity contribution is -0.0823. The Morgan fingerprint density at radius 1 is 1.25 bits per heavy atom. The third-order valence-electron chi connectivity index (χ3n) is 4.96. The molecule has 1 aliphatic carbocycles. The number of hydrogen-bond donors (Lipinski definition) is 2. The summed E-state index contributed by atoms with van der Waals surface area (Å²) < 4.78 is 5.54. The molecule has 1 amide bonds. The van der Waals surface area contributed by atoms with E-state index in [-0.39, 0.29) is 5.92 Å². The lowest BCUT2D eigenvalue weighted by atomic mass is 9.72. The number of rotatable bonds is 0. The number of carbonyl (C=O) groups excluding carboxylic acids is 1. The van der Waals surface area contributed by atoms with Gasteiger partial charge in [0.25, 0.3) is 0 Å². The first kappa shape index (κ1) is 17.2. The van der Waals surface area contributed by atoms with Crippen LogP contribution < -0.4 is 0 Å². The molecule has 1 fully saturated rings. The molecule has 5 nitrogen and oxygen atoms in total. The normalized spacial score (nSPS) is 29.7. The highest BCUT2D eigenvalue weighted by atomic mass is 16.6. The van der Waals surface area contributed by atoms with E-state index in [2.05, 4.69) is 12.1 Å². The van der Waals surface area contributed by atoms with Gasteiger partial charge < -0.3 is 14.9 Å². The van der Waals surface area contributed by atoms with Gasteiger partial charge in [-0.15, -0.1) is 0 Å². The van der Waals surface area contributed by atoms with E-state index in [0.29, 0.717) is 13.0 Å². The molecule has 0 bridgehead atoms. The zero-order chi connectivity index (χ0) is 17.6. The zero-order valence-corrected chi connectivity index (χ0v) is 14.8. The van der Waals surface area contributed by atoms with Crippen molar-refractivity contribution < 1.29 is 19.7 Å². The number of carbonyl (C=O) groups is 1. The summed E-state index contributed by atoms with van der Waals surface area (Å²) in [5, 5.41) is 20.7. The summed E-state index contributed by atoms with van der Waals surface area (Å²) in [7, 11) is 0. The molecular formula is C19H27NO4. The van der Waals surface area contributed by atoms with Gasteiger partial charge >= 0.3 is 6.09 Å². The van der Waals surface area contributed by atoms with Gasteiger partial charge in [0.1, 0.15) is 11.7 Å². The molecular weight excluding hydrogens is 306 g/mol. The third kappa shape index (κ3) is 3.15. The lowest BCUT2D eigenvalue weighted by Crippen LogP contribution is -2.58. The van der Waals surface area contributed by atoms with Gasteiger partial charge in [-0.1, -0.05) is 23.8 Å². The number of hydrogen-bond acceptors (Lipinski definition) is 4. The zero-order valence-electron chi connectivity index (χ0n) is 14.8. The molecule has 0 unspecified atom stereocenters. The molecule has 0 radical (unpaired) electrons. The molecule has 1 aromatic rings. The first-order valence-corrected chi connectivity index (χ1v) is 8.62. The Kier molecular flexibility index (Phi) is 4.34. The van der Waals surface area contributed by atoms with Crippen LogP contribution in [-0.2, 0) is 11.3 Å². The molecule has 1 aliphatic heterocycles. The van der Waals surface area contributed by atoms with Gasteiger partial charge in [0.15, 0.2) is 0 Å². The van der Waals surface area contributed by atoms with Crippen LogP contribution in [0.2, 0.25) is 0 Å². The molecule has 1 heterocycles. The average Bonchev–Trinajstić information content (AvgIpc) is 2.48. The van der Waals surface area contributed by atoms with Crippen molar-refractivity contribution >= 4 is 6.09 Å². The summed E-state index contributed by atoms with van der Waals surface area (Å²) in [6.45, 7) is 7.93. The number of nitrogens with zero attached hydrogens (tertiary/aromatic N) is 1. The maximum Gasteiger partial charge on any atom is 0.410 e. The van der Waals surface area contributed by atoms with E-state index in [1.165, 1.54) is 11.1 Å². The van der Waals surface area contributed by atoms with Crippen LogP contribution >= 0.6 is 0 Å². The van der Waals surface area contributed by atoms with Gasteiger partial charge in [0.05, 0.1) is 12.1 Å². The number of aliphatic hydroxyl groups excluding tert-OH is 2. The number of fused-ring (bicyclic) bond motifs is 3. The van der Waals surface area contributed by atoms with Crippen molar-refractivity contribution in [2.45, 2.75) is 76.9 Å². The van der Waals surface area contributed by atoms with Crippen LogP contribution in [0.3, 0.4) is 0 Å². The van der Waals surface area contributed by atoms with E-state index >= 15 is 0 Å². The largest absolute Gasteiger partial charge is 0.444 e. The highest BCUT2D eigenvalue weighted by Gasteiger charge is 2.47. The van der Waals surface area contributed by atoms with E-state index in [0.717, 1.165) is 12.0 Å². The van der Waals surface area contributed by atoms with Crippen LogP contribution in [0.5, 0.6) is 0 Å². The number of aryl methyl sites for hydroxylation is 1. The Bertz CT molecular complexity index is 637. The first-order chi connectivity index (χ1) is 11.2. The minimum absolute atomic E-state index is 0.0274. The molecule has 0 aromatic heterocycles. The third-order valence-corrected chi connectivity index (χ3v) is 4.96. The van der Waals surface area contributed by atoms with Gasteiger partial charge in [-0.25, -0.2) is 4.79 Å². The minimum Gasteiger partial charge on any atom is -0.444 e. The second kappa shape index (κ2) is 6.05. The van der Waals surface area contributed by atoms with Crippen LogP contribution in [-0.4, -0.2) is 45.1 Å².